The molecule has 2 aromatic rings. The zero-order chi connectivity index (χ0) is 17.9. The minimum Gasteiger partial charge on any atom is -0.486 e. The molecule has 2 aliphatic heterocycles. The molecule has 4 rings (SSSR count). The first-order valence-electron chi connectivity index (χ1n) is 8.84. The number of fused-ring (bicyclic) bond motifs is 1. The Bertz CT molecular complexity index is 832. The number of nitrogens with zero attached hydrogens (tertiary/aromatic N) is 1. The molecule has 0 spiro atoms. The van der Waals surface area contributed by atoms with Gasteiger partial charge in [0.1, 0.15) is 19.0 Å². The molecule has 0 N–H and O–H groups in total. The molecule has 0 radical (unpaired) electrons. The first-order valence-corrected chi connectivity index (χ1v) is 8.84. The maximum Gasteiger partial charge on any atom is 0.247 e. The van der Waals surface area contributed by atoms with Crippen LogP contribution in [0.1, 0.15) is 30.0 Å². The lowest BCUT2D eigenvalue weighted by Gasteiger charge is -2.26. The molecule has 0 aliphatic carbocycles. The van der Waals surface area contributed by atoms with Gasteiger partial charge in [-0.2, -0.15) is 0 Å². The van der Waals surface area contributed by atoms with Crippen molar-refractivity contribution in [3.05, 3.63) is 65.5 Å². The van der Waals surface area contributed by atoms with Crippen molar-refractivity contribution >= 4 is 12.0 Å². The molecule has 4 nitrogen and oxygen atoms in total. The largest absolute Gasteiger partial charge is 0.486 e. The van der Waals surface area contributed by atoms with Gasteiger partial charge in [0.2, 0.25) is 5.91 Å². The molecule has 0 aromatic heterocycles. The number of rotatable bonds is 3. The van der Waals surface area contributed by atoms with Gasteiger partial charge in [0.15, 0.2) is 11.5 Å². The minimum atomic E-state index is -0.285. The minimum absolute atomic E-state index is 0.0354. The number of amides is 1. The third-order valence-corrected chi connectivity index (χ3v) is 4.78. The van der Waals surface area contributed by atoms with E-state index in [0.29, 0.717) is 13.2 Å². The van der Waals surface area contributed by atoms with E-state index in [2.05, 4.69) is 0 Å². The van der Waals surface area contributed by atoms with Crippen molar-refractivity contribution in [1.82, 2.24) is 4.90 Å². The van der Waals surface area contributed by atoms with Gasteiger partial charge in [-0.05, 0) is 54.3 Å². The van der Waals surface area contributed by atoms with E-state index in [9.17, 15) is 9.18 Å². The van der Waals surface area contributed by atoms with E-state index in [-0.39, 0.29) is 17.8 Å². The molecule has 0 bridgehead atoms. The molecule has 2 aromatic carbocycles. The van der Waals surface area contributed by atoms with E-state index < -0.39 is 0 Å². The lowest BCUT2D eigenvalue weighted by molar-refractivity contribution is -0.126. The highest BCUT2D eigenvalue weighted by molar-refractivity contribution is 5.92. The van der Waals surface area contributed by atoms with E-state index in [4.69, 9.17) is 9.47 Å². The fraction of sp³-hybridized carbons (Fsp3) is 0.286. The van der Waals surface area contributed by atoms with E-state index in [1.807, 2.05) is 23.1 Å². The van der Waals surface area contributed by atoms with Crippen molar-refractivity contribution in [3.8, 4) is 11.5 Å². The fourth-order valence-electron chi connectivity index (χ4n) is 3.48. The Morgan fingerprint density at radius 2 is 1.85 bits per heavy atom. The second-order valence-electron chi connectivity index (χ2n) is 6.48. The summed E-state index contributed by atoms with van der Waals surface area (Å²) in [6.07, 6.45) is 5.18. The Hall–Kier alpha value is -2.82. The second-order valence-corrected chi connectivity index (χ2v) is 6.48. The summed E-state index contributed by atoms with van der Waals surface area (Å²) in [7, 11) is 0. The molecule has 26 heavy (non-hydrogen) atoms. The third kappa shape index (κ3) is 3.43. The Balaban J connectivity index is 1.51. The third-order valence-electron chi connectivity index (χ3n) is 4.78. The van der Waals surface area contributed by atoms with Crippen LogP contribution in [0.2, 0.25) is 0 Å². The number of hydrogen-bond donors (Lipinski definition) is 0. The average Bonchev–Trinajstić information content (AvgIpc) is 3.17. The average molecular weight is 353 g/mol. The fourth-order valence-corrected chi connectivity index (χ4v) is 3.48. The molecular weight excluding hydrogens is 333 g/mol. The molecule has 134 valence electrons. The predicted octanol–water partition coefficient (Wildman–Crippen LogP) is 3.97. The lowest BCUT2D eigenvalue weighted by Crippen LogP contribution is -2.29. The van der Waals surface area contributed by atoms with Gasteiger partial charge in [0, 0.05) is 12.6 Å². The summed E-state index contributed by atoms with van der Waals surface area (Å²) in [5, 5.41) is 0. The van der Waals surface area contributed by atoms with Crippen LogP contribution < -0.4 is 9.47 Å². The molecular formula is C21H20FNO3. The van der Waals surface area contributed by atoms with Crippen LogP contribution in [0.4, 0.5) is 4.39 Å². The molecule has 1 amide bonds. The van der Waals surface area contributed by atoms with Gasteiger partial charge in [0.05, 0.1) is 6.04 Å². The summed E-state index contributed by atoms with van der Waals surface area (Å²) >= 11 is 0. The van der Waals surface area contributed by atoms with Gasteiger partial charge < -0.3 is 14.4 Å². The summed E-state index contributed by atoms with van der Waals surface area (Å²) in [4.78, 5) is 14.5. The Kier molecular flexibility index (Phi) is 4.61. The van der Waals surface area contributed by atoms with Gasteiger partial charge in [-0.25, -0.2) is 4.39 Å². The monoisotopic (exact) mass is 353 g/mol. The topological polar surface area (TPSA) is 38.8 Å². The Labute approximate surface area is 151 Å². The number of carbonyl (C=O) groups excluding carboxylic acids is 1. The summed E-state index contributed by atoms with van der Waals surface area (Å²) in [5.41, 5.74) is 1.87. The molecule has 2 heterocycles. The van der Waals surface area contributed by atoms with Crippen LogP contribution in [0.3, 0.4) is 0 Å². The number of halogens is 1. The van der Waals surface area contributed by atoms with Crippen LogP contribution in [-0.4, -0.2) is 30.6 Å². The summed E-state index contributed by atoms with van der Waals surface area (Å²) in [6, 6.07) is 12.0. The highest BCUT2D eigenvalue weighted by Crippen LogP contribution is 2.38. The van der Waals surface area contributed by atoms with Crippen molar-refractivity contribution in [3.63, 3.8) is 0 Å². The summed E-state index contributed by atoms with van der Waals surface area (Å²) in [6.45, 7) is 1.84. The number of carbonyl (C=O) groups is 1. The standard InChI is InChI=1S/C21H20FNO3/c22-17-7-3-15(4-8-17)5-10-21(24)23-11-1-2-18(23)16-6-9-19-20(14-16)26-13-12-25-19/h3-10,14,18H,1-2,11-13H2/b10-5+. The molecule has 0 saturated carbocycles. The quantitative estimate of drug-likeness (QED) is 0.784. The zero-order valence-electron chi connectivity index (χ0n) is 14.4. The molecule has 1 atom stereocenters. The smallest absolute Gasteiger partial charge is 0.247 e. The van der Waals surface area contributed by atoms with Gasteiger partial charge in [-0.3, -0.25) is 4.79 Å². The van der Waals surface area contributed by atoms with Crippen molar-refractivity contribution in [2.75, 3.05) is 19.8 Å². The first-order chi connectivity index (χ1) is 12.7. The van der Waals surface area contributed by atoms with E-state index in [1.165, 1.54) is 12.1 Å². The van der Waals surface area contributed by atoms with Gasteiger partial charge in [-0.15, -0.1) is 0 Å². The number of benzene rings is 2. The highest BCUT2D eigenvalue weighted by Gasteiger charge is 2.29. The number of likely N-dealkylation sites (tertiary alicyclic amines) is 1. The highest BCUT2D eigenvalue weighted by atomic mass is 19.1. The maximum atomic E-state index is 13.0. The number of hydrogen-bond acceptors (Lipinski definition) is 3. The molecule has 1 fully saturated rings. The second kappa shape index (κ2) is 7.20. The van der Waals surface area contributed by atoms with Gasteiger partial charge in [0.25, 0.3) is 0 Å². The van der Waals surface area contributed by atoms with Crippen molar-refractivity contribution in [2.24, 2.45) is 0 Å². The number of ether oxygens (including phenoxy) is 2. The molecule has 2 aliphatic rings. The van der Waals surface area contributed by atoms with Crippen LogP contribution in [-0.2, 0) is 4.79 Å². The van der Waals surface area contributed by atoms with Crippen LogP contribution in [0.5, 0.6) is 11.5 Å². The van der Waals surface area contributed by atoms with Crippen molar-refractivity contribution in [2.45, 2.75) is 18.9 Å². The van der Waals surface area contributed by atoms with Gasteiger partial charge in [-0.1, -0.05) is 18.2 Å². The van der Waals surface area contributed by atoms with E-state index in [1.54, 1.807) is 24.3 Å². The van der Waals surface area contributed by atoms with E-state index >= 15 is 0 Å². The lowest BCUT2D eigenvalue weighted by atomic mass is 10.0. The maximum absolute atomic E-state index is 13.0. The molecule has 5 heteroatoms. The van der Waals surface area contributed by atoms with Crippen LogP contribution in [0, 0.1) is 5.82 Å². The SMILES string of the molecule is O=C(/C=C/c1ccc(F)cc1)N1CCCC1c1ccc2c(c1)OCCO2. The summed E-state index contributed by atoms with van der Waals surface area (Å²) in [5.74, 6) is 1.18. The predicted molar refractivity (Wildman–Crippen MR) is 96.6 cm³/mol. The van der Waals surface area contributed by atoms with E-state index in [0.717, 1.165) is 42.0 Å². The Morgan fingerprint density at radius 1 is 1.08 bits per heavy atom. The summed E-state index contributed by atoms with van der Waals surface area (Å²) < 4.78 is 24.2. The van der Waals surface area contributed by atoms with Crippen LogP contribution >= 0.6 is 0 Å². The molecule has 1 saturated heterocycles. The first kappa shape index (κ1) is 16.6. The van der Waals surface area contributed by atoms with Crippen molar-refractivity contribution in [1.29, 1.82) is 0 Å². The molecule has 1 unspecified atom stereocenters. The van der Waals surface area contributed by atoms with Gasteiger partial charge >= 0.3 is 0 Å². The van der Waals surface area contributed by atoms with Crippen LogP contribution in [0.15, 0.2) is 48.5 Å². The van der Waals surface area contributed by atoms with Crippen molar-refractivity contribution < 1.29 is 18.7 Å². The zero-order valence-corrected chi connectivity index (χ0v) is 14.4. The Morgan fingerprint density at radius 3 is 2.65 bits per heavy atom. The van der Waals surface area contributed by atoms with Crippen LogP contribution in [0.25, 0.3) is 6.08 Å². The normalized spacial score (nSPS) is 19.1.